The van der Waals surface area contributed by atoms with Crippen LogP contribution in [0.3, 0.4) is 0 Å². The Hall–Kier alpha value is -1.37. The van der Waals surface area contributed by atoms with Crippen LogP contribution in [0.5, 0.6) is 0 Å². The fourth-order valence-electron chi connectivity index (χ4n) is 2.87. The van der Waals surface area contributed by atoms with Crippen molar-refractivity contribution in [3.63, 3.8) is 0 Å². The Morgan fingerprint density at radius 1 is 1.04 bits per heavy atom. The Morgan fingerprint density at radius 2 is 1.77 bits per heavy atom. The van der Waals surface area contributed by atoms with E-state index >= 15 is 0 Å². The molecule has 2 aromatic heterocycles. The van der Waals surface area contributed by atoms with E-state index in [2.05, 4.69) is 25.9 Å². The van der Waals surface area contributed by atoms with E-state index in [0.29, 0.717) is 25.5 Å². The maximum atomic E-state index is 6.81. The Morgan fingerprint density at radius 3 is 2.46 bits per heavy atom. The zero-order valence-corrected chi connectivity index (χ0v) is 17.6. The topological polar surface area (TPSA) is 33.6 Å². The zero-order chi connectivity index (χ0) is 18.4. The van der Waals surface area contributed by atoms with E-state index in [1.54, 1.807) is 18.5 Å². The highest BCUT2D eigenvalue weighted by molar-refractivity contribution is 9.10. The van der Waals surface area contributed by atoms with Gasteiger partial charge in [-0.3, -0.25) is 4.57 Å². The van der Waals surface area contributed by atoms with Crippen LogP contribution in [0.15, 0.2) is 53.3 Å². The molecule has 4 aromatic rings. The summed E-state index contributed by atoms with van der Waals surface area (Å²) in [5.41, 5.74) is 3.15. The molecular formula is C18H9BrCl3N3S. The van der Waals surface area contributed by atoms with Crippen LogP contribution in [0, 0.1) is 4.64 Å². The minimum Gasteiger partial charge on any atom is -0.332 e. The van der Waals surface area contributed by atoms with Crippen LogP contribution >= 0.6 is 63.0 Å². The average Bonchev–Trinajstić information content (AvgIpc) is 2.90. The lowest BCUT2D eigenvalue weighted by Crippen LogP contribution is -1.97. The Labute approximate surface area is 177 Å². The van der Waals surface area contributed by atoms with Crippen LogP contribution in [0.1, 0.15) is 0 Å². The molecule has 1 N–H and O–H groups in total. The van der Waals surface area contributed by atoms with Crippen molar-refractivity contribution in [2.45, 2.75) is 0 Å². The third-order valence-electron chi connectivity index (χ3n) is 3.99. The minimum atomic E-state index is 0.461. The van der Waals surface area contributed by atoms with Crippen molar-refractivity contribution < 1.29 is 0 Å². The fourth-order valence-corrected chi connectivity index (χ4v) is 4.26. The Kier molecular flexibility index (Phi) is 4.84. The first-order valence-corrected chi connectivity index (χ1v) is 9.80. The number of nitrogens with zero attached hydrogens (tertiary/aromatic N) is 2. The van der Waals surface area contributed by atoms with Crippen molar-refractivity contribution >= 4 is 74.0 Å². The molecule has 0 saturated carbocycles. The predicted molar refractivity (Wildman–Crippen MR) is 114 cm³/mol. The summed E-state index contributed by atoms with van der Waals surface area (Å²) in [4.78, 5) is 7.36. The van der Waals surface area contributed by atoms with E-state index in [-0.39, 0.29) is 0 Å². The van der Waals surface area contributed by atoms with E-state index < -0.39 is 0 Å². The number of aromatic amines is 1. The quantitative estimate of drug-likeness (QED) is 0.299. The normalized spacial score (nSPS) is 11.2. The summed E-state index contributed by atoms with van der Waals surface area (Å²) in [6, 6.07) is 13.1. The minimum absolute atomic E-state index is 0.461. The summed E-state index contributed by atoms with van der Waals surface area (Å²) < 4.78 is 3.26. The second-order valence-corrected chi connectivity index (χ2v) is 8.04. The van der Waals surface area contributed by atoms with Gasteiger partial charge < -0.3 is 4.98 Å². The van der Waals surface area contributed by atoms with Crippen LogP contribution in [-0.4, -0.2) is 14.5 Å². The number of hydrogen-bond acceptors (Lipinski definition) is 2. The molecule has 0 saturated heterocycles. The lowest BCUT2D eigenvalue weighted by Gasteiger charge is -2.10. The standard InChI is InChI=1S/C18H9BrCl3N3S/c19-10-3-1-9(2-4-10)14-15-17(23-8-24-18(15)26)25(16(14)22)13-6-5-11(20)7-12(13)21/h1-8H,(H,23,24,26). The highest BCUT2D eigenvalue weighted by Gasteiger charge is 2.21. The first-order chi connectivity index (χ1) is 12.5. The lowest BCUT2D eigenvalue weighted by atomic mass is 10.1. The molecule has 2 aromatic carbocycles. The molecule has 0 spiro atoms. The van der Waals surface area contributed by atoms with Gasteiger partial charge in [-0.2, -0.15) is 0 Å². The van der Waals surface area contributed by atoms with Gasteiger partial charge in [0.05, 0.1) is 22.4 Å². The fraction of sp³-hybridized carbons (Fsp3) is 0. The Balaban J connectivity index is 2.13. The summed E-state index contributed by atoms with van der Waals surface area (Å²) in [6.07, 6.45) is 1.55. The van der Waals surface area contributed by atoms with Crippen LogP contribution in [0.25, 0.3) is 27.8 Å². The number of rotatable bonds is 2. The number of hydrogen-bond donors (Lipinski definition) is 1. The molecule has 0 aliphatic heterocycles. The largest absolute Gasteiger partial charge is 0.332 e. The molecule has 8 heteroatoms. The van der Waals surface area contributed by atoms with Crippen molar-refractivity contribution in [1.29, 1.82) is 0 Å². The third kappa shape index (κ3) is 2.98. The molecule has 0 fully saturated rings. The highest BCUT2D eigenvalue weighted by atomic mass is 79.9. The monoisotopic (exact) mass is 483 g/mol. The molecule has 130 valence electrons. The van der Waals surface area contributed by atoms with Gasteiger partial charge >= 0.3 is 0 Å². The summed E-state index contributed by atoms with van der Waals surface area (Å²) in [6.45, 7) is 0. The molecule has 4 rings (SSSR count). The first-order valence-electron chi connectivity index (χ1n) is 7.46. The first kappa shape index (κ1) is 18.0. The summed E-state index contributed by atoms with van der Waals surface area (Å²) in [5.74, 6) is 0. The molecule has 26 heavy (non-hydrogen) atoms. The molecular weight excluding hydrogens is 477 g/mol. The second kappa shape index (κ2) is 6.98. The second-order valence-electron chi connectivity index (χ2n) is 5.54. The van der Waals surface area contributed by atoms with E-state index in [4.69, 9.17) is 47.0 Å². The molecule has 2 heterocycles. The third-order valence-corrected chi connectivity index (χ3v) is 5.73. The number of benzene rings is 2. The van der Waals surface area contributed by atoms with E-state index in [0.717, 1.165) is 26.6 Å². The van der Waals surface area contributed by atoms with Crippen molar-refractivity contribution in [2.75, 3.05) is 0 Å². The van der Waals surface area contributed by atoms with Gasteiger partial charge in [0.15, 0.2) is 0 Å². The number of fused-ring (bicyclic) bond motifs is 1. The van der Waals surface area contributed by atoms with Crippen molar-refractivity contribution in [3.05, 3.63) is 73.1 Å². The molecule has 0 aliphatic rings. The van der Waals surface area contributed by atoms with Crippen LogP contribution in [0.2, 0.25) is 15.2 Å². The SMILES string of the molecule is S=c1nc[nH]c2c1c(-c1ccc(Br)cc1)c(Cl)n2-c1ccc(Cl)cc1Cl. The number of H-pyrrole nitrogens is 1. The van der Waals surface area contributed by atoms with Crippen LogP contribution in [-0.2, 0) is 0 Å². The molecule has 0 radical (unpaired) electrons. The van der Waals surface area contributed by atoms with Crippen molar-refractivity contribution in [1.82, 2.24) is 14.5 Å². The lowest BCUT2D eigenvalue weighted by molar-refractivity contribution is 1.07. The van der Waals surface area contributed by atoms with Gasteiger partial charge in [0.25, 0.3) is 0 Å². The number of aromatic nitrogens is 3. The molecule has 0 bridgehead atoms. The summed E-state index contributed by atoms with van der Waals surface area (Å²) >= 11 is 28.2. The molecule has 0 aliphatic carbocycles. The summed E-state index contributed by atoms with van der Waals surface area (Å²) in [5, 5.41) is 2.28. The van der Waals surface area contributed by atoms with Gasteiger partial charge in [-0.05, 0) is 35.9 Å². The van der Waals surface area contributed by atoms with Gasteiger partial charge in [-0.15, -0.1) is 0 Å². The molecule has 0 atom stereocenters. The van der Waals surface area contributed by atoms with Crippen LogP contribution < -0.4 is 0 Å². The van der Waals surface area contributed by atoms with Crippen LogP contribution in [0.4, 0.5) is 0 Å². The predicted octanol–water partition coefficient (Wildman–Crippen LogP) is 7.47. The molecule has 0 unspecified atom stereocenters. The van der Waals surface area contributed by atoms with Gasteiger partial charge in [0, 0.05) is 15.1 Å². The zero-order valence-electron chi connectivity index (χ0n) is 12.9. The number of halogens is 4. The maximum absolute atomic E-state index is 6.81. The van der Waals surface area contributed by atoms with E-state index in [1.807, 2.05) is 34.9 Å². The Bertz CT molecular complexity index is 1200. The molecule has 0 amide bonds. The average molecular weight is 486 g/mol. The van der Waals surface area contributed by atoms with Crippen molar-refractivity contribution in [3.8, 4) is 16.8 Å². The highest BCUT2D eigenvalue weighted by Crippen LogP contribution is 2.41. The van der Waals surface area contributed by atoms with Gasteiger partial charge in [0.2, 0.25) is 0 Å². The van der Waals surface area contributed by atoms with Gasteiger partial charge in [0.1, 0.15) is 15.4 Å². The smallest absolute Gasteiger partial charge is 0.139 e. The number of nitrogens with one attached hydrogen (secondary N) is 1. The van der Waals surface area contributed by atoms with Gasteiger partial charge in [-0.25, -0.2) is 4.98 Å². The van der Waals surface area contributed by atoms with Crippen molar-refractivity contribution in [2.24, 2.45) is 0 Å². The van der Waals surface area contributed by atoms with E-state index in [1.165, 1.54) is 0 Å². The molecule has 3 nitrogen and oxygen atoms in total. The van der Waals surface area contributed by atoms with Gasteiger partial charge in [-0.1, -0.05) is 75.1 Å². The van der Waals surface area contributed by atoms with E-state index in [9.17, 15) is 0 Å². The maximum Gasteiger partial charge on any atom is 0.139 e. The summed E-state index contributed by atoms with van der Waals surface area (Å²) in [7, 11) is 0.